The fourth-order valence-electron chi connectivity index (χ4n) is 3.46. The summed E-state index contributed by atoms with van der Waals surface area (Å²) in [7, 11) is 0.510. The number of rotatable bonds is 7. The van der Waals surface area contributed by atoms with E-state index in [1.165, 1.54) is 5.56 Å². The molecule has 0 unspecified atom stereocenters. The third kappa shape index (κ3) is 4.44. The number of benzene rings is 2. The minimum atomic E-state index is -3.48. The number of anilines is 2. The van der Waals surface area contributed by atoms with Crippen LogP contribution < -0.4 is 14.5 Å². The van der Waals surface area contributed by atoms with Crippen molar-refractivity contribution in [1.29, 1.82) is 0 Å². The van der Waals surface area contributed by atoms with Crippen LogP contribution in [0.1, 0.15) is 17.2 Å². The molecule has 0 spiro atoms. The van der Waals surface area contributed by atoms with E-state index in [2.05, 4.69) is 51.9 Å². The summed E-state index contributed by atoms with van der Waals surface area (Å²) in [6.07, 6.45) is 6.14. The number of fused-ring (bicyclic) bond motifs is 1. The number of terminal acetylenes is 1. The monoisotopic (exact) mass is 383 g/mol. The molecule has 1 aliphatic heterocycles. The lowest BCUT2D eigenvalue weighted by atomic mass is 10.0. The summed E-state index contributed by atoms with van der Waals surface area (Å²) in [5.41, 5.74) is 4.63. The largest absolute Gasteiger partial charge is 0.378 e. The van der Waals surface area contributed by atoms with Crippen molar-refractivity contribution in [3.63, 3.8) is 0 Å². The van der Waals surface area contributed by atoms with Gasteiger partial charge in [-0.1, -0.05) is 36.3 Å². The van der Waals surface area contributed by atoms with Crippen molar-refractivity contribution >= 4 is 21.4 Å². The summed E-state index contributed by atoms with van der Waals surface area (Å²) in [6.45, 7) is 1.13. The number of nitrogens with one attached hydrogen (secondary N) is 1. The maximum Gasteiger partial charge on any atom is 0.223 e. The van der Waals surface area contributed by atoms with E-state index < -0.39 is 10.0 Å². The standard InChI is InChI=1S/C21H25N3O2S/c1-4-15-27(25,26)22-16-21(18-9-11-19(12-10-18)23(2)3)24-14-13-17-7-5-6-8-20(17)24/h1,5-12,21-22H,13-16H2,2-3H3/t21-/m1/s1. The van der Waals surface area contributed by atoms with Crippen molar-refractivity contribution in [3.8, 4) is 12.3 Å². The predicted octanol–water partition coefficient (Wildman–Crippen LogP) is 2.41. The van der Waals surface area contributed by atoms with Crippen LogP contribution in [-0.4, -0.2) is 41.4 Å². The number of sulfonamides is 1. The molecule has 2 aromatic carbocycles. The first kappa shape index (κ1) is 19.3. The molecule has 0 aliphatic carbocycles. The SMILES string of the molecule is C#CCS(=O)(=O)NC[C@H](c1ccc(N(C)C)cc1)N1CCc2ccccc21. The van der Waals surface area contributed by atoms with Gasteiger partial charge >= 0.3 is 0 Å². The van der Waals surface area contributed by atoms with Crippen molar-refractivity contribution in [1.82, 2.24) is 4.72 Å². The van der Waals surface area contributed by atoms with Gasteiger partial charge in [0, 0.05) is 38.6 Å². The number of para-hydroxylation sites is 1. The Kier molecular flexibility index (Phi) is 5.73. The second-order valence-corrected chi connectivity index (χ2v) is 8.69. The average molecular weight is 384 g/mol. The third-order valence-corrected chi connectivity index (χ3v) is 6.02. The lowest BCUT2D eigenvalue weighted by Crippen LogP contribution is -2.38. The Balaban J connectivity index is 1.91. The summed E-state index contributed by atoms with van der Waals surface area (Å²) < 4.78 is 26.9. The number of hydrogen-bond donors (Lipinski definition) is 1. The molecule has 0 fully saturated rings. The van der Waals surface area contributed by atoms with E-state index >= 15 is 0 Å². The van der Waals surface area contributed by atoms with Gasteiger partial charge in [0.25, 0.3) is 0 Å². The van der Waals surface area contributed by atoms with Gasteiger partial charge in [0.2, 0.25) is 10.0 Å². The Morgan fingerprint density at radius 1 is 1.19 bits per heavy atom. The zero-order valence-electron chi connectivity index (χ0n) is 15.7. The Labute approximate surface area is 162 Å². The lowest BCUT2D eigenvalue weighted by molar-refractivity contribution is 0.566. The molecule has 1 aliphatic rings. The first-order chi connectivity index (χ1) is 12.9. The van der Waals surface area contributed by atoms with Gasteiger partial charge in [-0.15, -0.1) is 6.42 Å². The number of hydrogen-bond acceptors (Lipinski definition) is 4. The molecule has 0 amide bonds. The Morgan fingerprint density at radius 2 is 1.89 bits per heavy atom. The summed E-state index contributed by atoms with van der Waals surface area (Å²) >= 11 is 0. The zero-order valence-corrected chi connectivity index (χ0v) is 16.5. The fourth-order valence-corrected chi connectivity index (χ4v) is 4.19. The van der Waals surface area contributed by atoms with Gasteiger partial charge in [-0.2, -0.15) is 0 Å². The molecular formula is C21H25N3O2S. The van der Waals surface area contributed by atoms with E-state index in [-0.39, 0.29) is 18.3 Å². The van der Waals surface area contributed by atoms with Crippen LogP contribution in [0.15, 0.2) is 48.5 Å². The van der Waals surface area contributed by atoms with Crippen LogP contribution in [-0.2, 0) is 16.4 Å². The molecule has 3 rings (SSSR count). The Morgan fingerprint density at radius 3 is 2.56 bits per heavy atom. The van der Waals surface area contributed by atoms with Crippen molar-refractivity contribution in [2.75, 3.05) is 42.7 Å². The molecule has 27 heavy (non-hydrogen) atoms. The fraction of sp³-hybridized carbons (Fsp3) is 0.333. The molecular weight excluding hydrogens is 358 g/mol. The molecule has 0 bridgehead atoms. The molecule has 5 nitrogen and oxygen atoms in total. The molecule has 0 radical (unpaired) electrons. The summed E-state index contributed by atoms with van der Waals surface area (Å²) in [6, 6.07) is 16.4. The van der Waals surface area contributed by atoms with Crippen molar-refractivity contribution < 1.29 is 8.42 Å². The van der Waals surface area contributed by atoms with E-state index in [9.17, 15) is 8.42 Å². The second-order valence-electron chi connectivity index (χ2n) is 6.89. The quantitative estimate of drug-likeness (QED) is 0.746. The first-order valence-corrected chi connectivity index (χ1v) is 10.6. The highest BCUT2D eigenvalue weighted by molar-refractivity contribution is 7.89. The average Bonchev–Trinajstić information content (AvgIpc) is 3.06. The van der Waals surface area contributed by atoms with Crippen LogP contribution in [0.3, 0.4) is 0 Å². The molecule has 0 saturated carbocycles. The summed E-state index contributed by atoms with van der Waals surface area (Å²) in [5.74, 6) is 1.90. The molecule has 1 atom stereocenters. The van der Waals surface area contributed by atoms with Crippen LogP contribution in [0.4, 0.5) is 11.4 Å². The van der Waals surface area contributed by atoms with Gasteiger partial charge in [-0.3, -0.25) is 0 Å². The molecule has 0 saturated heterocycles. The van der Waals surface area contributed by atoms with Gasteiger partial charge < -0.3 is 9.80 Å². The van der Waals surface area contributed by atoms with Gasteiger partial charge in [0.1, 0.15) is 5.75 Å². The Bertz CT molecular complexity index is 931. The lowest BCUT2D eigenvalue weighted by Gasteiger charge is -2.31. The minimum absolute atomic E-state index is 0.0996. The topological polar surface area (TPSA) is 52.7 Å². The number of nitrogens with zero attached hydrogens (tertiary/aromatic N) is 2. The molecule has 6 heteroatoms. The van der Waals surface area contributed by atoms with Crippen LogP contribution >= 0.6 is 0 Å². The highest BCUT2D eigenvalue weighted by Crippen LogP contribution is 2.35. The highest BCUT2D eigenvalue weighted by Gasteiger charge is 2.28. The van der Waals surface area contributed by atoms with E-state index in [1.54, 1.807) is 0 Å². The third-order valence-electron chi connectivity index (χ3n) is 4.86. The molecule has 142 valence electrons. The maximum atomic E-state index is 12.1. The van der Waals surface area contributed by atoms with Gasteiger partial charge in [-0.25, -0.2) is 13.1 Å². The normalized spacial score (nSPS) is 14.5. The Hall–Kier alpha value is -2.49. The van der Waals surface area contributed by atoms with Crippen LogP contribution in [0.25, 0.3) is 0 Å². The maximum absolute atomic E-state index is 12.1. The first-order valence-electron chi connectivity index (χ1n) is 8.94. The summed E-state index contributed by atoms with van der Waals surface area (Å²) in [4.78, 5) is 4.32. The molecule has 0 aromatic heterocycles. The van der Waals surface area contributed by atoms with E-state index in [0.717, 1.165) is 29.9 Å². The van der Waals surface area contributed by atoms with E-state index in [4.69, 9.17) is 6.42 Å². The molecule has 1 N–H and O–H groups in total. The summed E-state index contributed by atoms with van der Waals surface area (Å²) in [5, 5.41) is 0. The van der Waals surface area contributed by atoms with E-state index in [0.29, 0.717) is 0 Å². The van der Waals surface area contributed by atoms with Crippen molar-refractivity contribution in [2.45, 2.75) is 12.5 Å². The van der Waals surface area contributed by atoms with Gasteiger partial charge in [0.05, 0.1) is 6.04 Å². The van der Waals surface area contributed by atoms with Crippen LogP contribution in [0.2, 0.25) is 0 Å². The molecule has 2 aromatic rings. The second kappa shape index (κ2) is 8.03. The zero-order chi connectivity index (χ0) is 19.4. The minimum Gasteiger partial charge on any atom is -0.378 e. The smallest absolute Gasteiger partial charge is 0.223 e. The van der Waals surface area contributed by atoms with Gasteiger partial charge in [0.15, 0.2) is 0 Å². The van der Waals surface area contributed by atoms with Gasteiger partial charge in [-0.05, 0) is 35.7 Å². The van der Waals surface area contributed by atoms with Crippen LogP contribution in [0, 0.1) is 12.3 Å². The van der Waals surface area contributed by atoms with Crippen LogP contribution in [0.5, 0.6) is 0 Å². The van der Waals surface area contributed by atoms with E-state index in [1.807, 2.05) is 31.1 Å². The predicted molar refractivity (Wildman–Crippen MR) is 112 cm³/mol. The van der Waals surface area contributed by atoms with Crippen molar-refractivity contribution in [3.05, 3.63) is 59.7 Å². The van der Waals surface area contributed by atoms with Crippen molar-refractivity contribution in [2.24, 2.45) is 0 Å². The molecule has 1 heterocycles. The highest BCUT2D eigenvalue weighted by atomic mass is 32.2.